The molecule has 0 aromatic carbocycles. The lowest BCUT2D eigenvalue weighted by Gasteiger charge is -2.32. The molecule has 2 aromatic rings. The minimum atomic E-state index is 0.690. The van der Waals surface area contributed by atoms with Gasteiger partial charge < -0.3 is 4.74 Å². The van der Waals surface area contributed by atoms with Crippen molar-refractivity contribution >= 4 is 0 Å². The molecule has 0 radical (unpaired) electrons. The maximum atomic E-state index is 5.17. The van der Waals surface area contributed by atoms with E-state index in [-0.39, 0.29) is 0 Å². The highest BCUT2D eigenvalue weighted by molar-refractivity contribution is 5.47. The van der Waals surface area contributed by atoms with E-state index in [4.69, 9.17) is 4.74 Å². The fourth-order valence-corrected chi connectivity index (χ4v) is 3.37. The van der Waals surface area contributed by atoms with E-state index in [2.05, 4.69) is 19.9 Å². The fourth-order valence-electron chi connectivity index (χ4n) is 3.37. The largest absolute Gasteiger partial charge is 0.385 e. The molecule has 1 aliphatic heterocycles. The van der Waals surface area contributed by atoms with Crippen LogP contribution in [0.15, 0.2) is 36.8 Å². The van der Waals surface area contributed by atoms with E-state index >= 15 is 0 Å². The number of likely N-dealkylation sites (tertiary alicyclic amines) is 1. The second-order valence-corrected chi connectivity index (χ2v) is 6.51. The highest BCUT2D eigenvalue weighted by Crippen LogP contribution is 2.22. The van der Waals surface area contributed by atoms with E-state index in [9.17, 15) is 0 Å². The van der Waals surface area contributed by atoms with Crippen LogP contribution in [0.25, 0.3) is 11.5 Å². The number of nitrogens with zero attached hydrogens (tertiary/aromatic N) is 4. The van der Waals surface area contributed by atoms with Gasteiger partial charge in [0.1, 0.15) is 5.69 Å². The van der Waals surface area contributed by atoms with Crippen molar-refractivity contribution < 1.29 is 4.74 Å². The zero-order valence-electron chi connectivity index (χ0n) is 14.4. The molecule has 0 aliphatic carbocycles. The second-order valence-electron chi connectivity index (χ2n) is 6.51. The summed E-state index contributed by atoms with van der Waals surface area (Å²) in [5.41, 5.74) is 1.99. The molecule has 24 heavy (non-hydrogen) atoms. The van der Waals surface area contributed by atoms with Crippen LogP contribution in [-0.4, -0.2) is 46.7 Å². The fraction of sp³-hybridized carbons (Fsp3) is 0.526. The Labute approximate surface area is 144 Å². The average Bonchev–Trinajstić information content (AvgIpc) is 2.64. The Bertz CT molecular complexity index is 603. The molecule has 1 saturated heterocycles. The predicted molar refractivity (Wildman–Crippen MR) is 94.4 cm³/mol. The van der Waals surface area contributed by atoms with Gasteiger partial charge in [0.15, 0.2) is 5.82 Å². The summed E-state index contributed by atoms with van der Waals surface area (Å²) in [7, 11) is 1.78. The van der Waals surface area contributed by atoms with E-state index in [1.165, 1.54) is 37.9 Å². The lowest BCUT2D eigenvalue weighted by Crippen LogP contribution is -2.35. The number of rotatable bonds is 7. The Morgan fingerprint density at radius 2 is 2.08 bits per heavy atom. The maximum Gasteiger partial charge on any atom is 0.178 e. The monoisotopic (exact) mass is 326 g/mol. The van der Waals surface area contributed by atoms with Crippen molar-refractivity contribution in [3.05, 3.63) is 42.4 Å². The summed E-state index contributed by atoms with van der Waals surface area (Å²) < 4.78 is 5.17. The summed E-state index contributed by atoms with van der Waals surface area (Å²) in [6, 6.07) is 5.79. The topological polar surface area (TPSA) is 51.1 Å². The minimum absolute atomic E-state index is 0.690. The van der Waals surface area contributed by atoms with Crippen LogP contribution in [-0.2, 0) is 11.3 Å². The molecule has 1 aliphatic rings. The summed E-state index contributed by atoms with van der Waals surface area (Å²) in [6.45, 7) is 4.15. The average molecular weight is 326 g/mol. The van der Waals surface area contributed by atoms with Gasteiger partial charge in [-0.15, -0.1) is 0 Å². The molecule has 0 saturated carbocycles. The quantitative estimate of drug-likeness (QED) is 0.732. The normalized spacial score (nSPS) is 18.6. The summed E-state index contributed by atoms with van der Waals surface area (Å²) in [4.78, 5) is 15.8. The van der Waals surface area contributed by atoms with Crippen LogP contribution in [0.2, 0.25) is 0 Å². The van der Waals surface area contributed by atoms with Crippen molar-refractivity contribution in [3.63, 3.8) is 0 Å². The van der Waals surface area contributed by atoms with Gasteiger partial charge in [0.05, 0.1) is 0 Å². The molecule has 5 heteroatoms. The molecule has 0 amide bonds. The Morgan fingerprint density at radius 3 is 2.83 bits per heavy atom. The molecule has 0 bridgehead atoms. The van der Waals surface area contributed by atoms with E-state index in [1.54, 1.807) is 13.3 Å². The first kappa shape index (κ1) is 17.0. The maximum absolute atomic E-state index is 5.17. The second kappa shape index (κ2) is 8.85. The number of pyridine rings is 1. The van der Waals surface area contributed by atoms with Crippen molar-refractivity contribution in [1.82, 2.24) is 19.9 Å². The first-order valence-corrected chi connectivity index (χ1v) is 8.79. The number of hydrogen-bond donors (Lipinski definition) is 0. The predicted octanol–water partition coefficient (Wildman–Crippen LogP) is 3.18. The molecule has 5 nitrogen and oxygen atoms in total. The number of aromatic nitrogens is 3. The van der Waals surface area contributed by atoms with E-state index in [1.807, 2.05) is 30.6 Å². The van der Waals surface area contributed by atoms with Crippen LogP contribution in [0.1, 0.15) is 31.2 Å². The number of methoxy groups -OCH3 is 1. The van der Waals surface area contributed by atoms with Crippen molar-refractivity contribution in [2.24, 2.45) is 5.92 Å². The third-order valence-electron chi connectivity index (χ3n) is 4.57. The van der Waals surface area contributed by atoms with Gasteiger partial charge in [0.2, 0.25) is 0 Å². The molecular formula is C19H26N4O. The van der Waals surface area contributed by atoms with Gasteiger partial charge in [0.25, 0.3) is 0 Å². The van der Waals surface area contributed by atoms with Crippen LogP contribution < -0.4 is 0 Å². The van der Waals surface area contributed by atoms with Crippen molar-refractivity contribution in [2.45, 2.75) is 32.2 Å². The third kappa shape index (κ3) is 4.82. The number of ether oxygens (including phenoxy) is 1. The molecule has 1 fully saturated rings. The molecule has 2 aromatic heterocycles. The van der Waals surface area contributed by atoms with Crippen molar-refractivity contribution in [3.8, 4) is 11.5 Å². The lowest BCUT2D eigenvalue weighted by molar-refractivity contribution is 0.142. The van der Waals surface area contributed by atoms with Crippen LogP contribution in [0.5, 0.6) is 0 Å². The number of piperidine rings is 1. The summed E-state index contributed by atoms with van der Waals surface area (Å²) >= 11 is 0. The molecule has 3 heterocycles. The highest BCUT2D eigenvalue weighted by atomic mass is 16.5. The van der Waals surface area contributed by atoms with Gasteiger partial charge in [-0.2, -0.15) is 0 Å². The van der Waals surface area contributed by atoms with Gasteiger partial charge in [-0.3, -0.25) is 9.88 Å². The smallest absolute Gasteiger partial charge is 0.178 e. The van der Waals surface area contributed by atoms with Crippen LogP contribution in [0.4, 0.5) is 0 Å². The van der Waals surface area contributed by atoms with Crippen LogP contribution in [0, 0.1) is 5.92 Å². The molecule has 128 valence electrons. The standard InChI is InChI=1S/C19H26N4O/c1-24-11-5-7-16-6-4-10-23(14-16)15-17-12-21-19(22-13-17)18-8-2-3-9-20-18/h2-3,8-9,12-13,16H,4-7,10-11,14-15H2,1H3/t16-/m0/s1. The summed E-state index contributed by atoms with van der Waals surface area (Å²) in [6.07, 6.45) is 10.7. The molecule has 0 N–H and O–H groups in total. The molecule has 0 unspecified atom stereocenters. The number of hydrogen-bond acceptors (Lipinski definition) is 5. The van der Waals surface area contributed by atoms with E-state index in [0.29, 0.717) is 5.82 Å². The van der Waals surface area contributed by atoms with Gasteiger partial charge in [-0.05, 0) is 50.3 Å². The Hall–Kier alpha value is -1.85. The van der Waals surface area contributed by atoms with Crippen molar-refractivity contribution in [2.75, 3.05) is 26.8 Å². The minimum Gasteiger partial charge on any atom is -0.385 e. The zero-order valence-corrected chi connectivity index (χ0v) is 14.4. The molecule has 1 atom stereocenters. The van der Waals surface area contributed by atoms with E-state index in [0.717, 1.165) is 31.2 Å². The molecule has 0 spiro atoms. The van der Waals surface area contributed by atoms with Gasteiger partial charge in [-0.25, -0.2) is 9.97 Å². The van der Waals surface area contributed by atoms with Gasteiger partial charge in [-0.1, -0.05) is 6.07 Å². The molecular weight excluding hydrogens is 300 g/mol. The third-order valence-corrected chi connectivity index (χ3v) is 4.57. The van der Waals surface area contributed by atoms with Gasteiger partial charge in [0, 0.05) is 51.0 Å². The van der Waals surface area contributed by atoms with Gasteiger partial charge >= 0.3 is 0 Å². The Kier molecular flexibility index (Phi) is 6.26. The first-order chi connectivity index (χ1) is 11.8. The summed E-state index contributed by atoms with van der Waals surface area (Å²) in [5, 5.41) is 0. The zero-order chi connectivity index (χ0) is 16.6. The summed E-state index contributed by atoms with van der Waals surface area (Å²) in [5.74, 6) is 1.48. The van der Waals surface area contributed by atoms with Crippen LogP contribution >= 0.6 is 0 Å². The van der Waals surface area contributed by atoms with Crippen molar-refractivity contribution in [1.29, 1.82) is 0 Å². The lowest BCUT2D eigenvalue weighted by atomic mass is 9.93. The molecule has 3 rings (SSSR count). The Balaban J connectivity index is 1.54. The first-order valence-electron chi connectivity index (χ1n) is 8.79. The van der Waals surface area contributed by atoms with Crippen LogP contribution in [0.3, 0.4) is 0 Å². The SMILES string of the molecule is COCCC[C@@H]1CCCN(Cc2cnc(-c3ccccn3)nc2)C1. The highest BCUT2D eigenvalue weighted by Gasteiger charge is 2.19. The van der Waals surface area contributed by atoms with E-state index < -0.39 is 0 Å². The Morgan fingerprint density at radius 1 is 1.21 bits per heavy atom.